The average molecular weight is 406 g/mol. The van der Waals surface area contributed by atoms with Crippen molar-refractivity contribution in [2.24, 2.45) is 0 Å². The molecule has 29 heavy (non-hydrogen) atoms. The van der Waals surface area contributed by atoms with Crippen LogP contribution >= 0.6 is 11.8 Å². The van der Waals surface area contributed by atoms with Crippen molar-refractivity contribution in [2.75, 3.05) is 11.1 Å². The first-order chi connectivity index (χ1) is 14.1. The molecule has 1 heterocycles. The van der Waals surface area contributed by atoms with E-state index in [0.717, 1.165) is 10.5 Å². The van der Waals surface area contributed by atoms with Crippen molar-refractivity contribution in [1.82, 2.24) is 10.3 Å². The van der Waals surface area contributed by atoms with Crippen molar-refractivity contribution < 1.29 is 9.59 Å². The van der Waals surface area contributed by atoms with E-state index in [-0.39, 0.29) is 11.8 Å². The second-order valence-electron chi connectivity index (χ2n) is 6.55. The molecule has 0 fully saturated rings. The first kappa shape index (κ1) is 20.6. The highest BCUT2D eigenvalue weighted by Crippen LogP contribution is 2.20. The molecule has 3 aromatic rings. The number of hydrogen-bond acceptors (Lipinski definition) is 4. The third-order valence-electron chi connectivity index (χ3n) is 4.24. The number of para-hydroxylation sites is 1. The SMILES string of the molecule is Cc1ccc(SCCC(=O)Nc2ccccc2C(=O)NCc2cccnc2)cc1. The zero-order valence-corrected chi connectivity index (χ0v) is 17.0. The molecule has 2 N–H and O–H groups in total. The van der Waals surface area contributed by atoms with E-state index in [9.17, 15) is 9.59 Å². The molecular weight excluding hydrogens is 382 g/mol. The van der Waals surface area contributed by atoms with Crippen LogP contribution in [0.15, 0.2) is 78.0 Å². The minimum Gasteiger partial charge on any atom is -0.348 e. The molecule has 0 radical (unpaired) electrons. The van der Waals surface area contributed by atoms with Crippen LogP contribution in [0.5, 0.6) is 0 Å². The van der Waals surface area contributed by atoms with Crippen LogP contribution in [0.2, 0.25) is 0 Å². The lowest BCUT2D eigenvalue weighted by atomic mass is 10.1. The number of nitrogens with zero attached hydrogens (tertiary/aromatic N) is 1. The number of carbonyl (C=O) groups is 2. The molecule has 2 amide bonds. The zero-order valence-electron chi connectivity index (χ0n) is 16.2. The van der Waals surface area contributed by atoms with Crippen molar-refractivity contribution in [1.29, 1.82) is 0 Å². The topological polar surface area (TPSA) is 71.1 Å². The lowest BCUT2D eigenvalue weighted by Crippen LogP contribution is -2.25. The molecule has 0 unspecified atom stereocenters. The van der Waals surface area contributed by atoms with Gasteiger partial charge in [-0.05, 0) is 42.8 Å². The second kappa shape index (κ2) is 10.4. The Morgan fingerprint density at radius 1 is 1.00 bits per heavy atom. The summed E-state index contributed by atoms with van der Waals surface area (Å²) in [7, 11) is 0. The normalized spacial score (nSPS) is 10.4. The van der Waals surface area contributed by atoms with Crippen molar-refractivity contribution in [2.45, 2.75) is 24.8 Å². The molecule has 0 saturated carbocycles. The van der Waals surface area contributed by atoms with Gasteiger partial charge in [0.15, 0.2) is 0 Å². The molecule has 1 aromatic heterocycles. The van der Waals surface area contributed by atoms with Crippen molar-refractivity contribution in [3.05, 3.63) is 89.7 Å². The van der Waals surface area contributed by atoms with Crippen LogP contribution in [0.3, 0.4) is 0 Å². The Bertz CT molecular complexity index is 959. The van der Waals surface area contributed by atoms with E-state index in [4.69, 9.17) is 0 Å². The summed E-state index contributed by atoms with van der Waals surface area (Å²) < 4.78 is 0. The Balaban J connectivity index is 1.53. The van der Waals surface area contributed by atoms with E-state index in [1.54, 1.807) is 48.4 Å². The first-order valence-electron chi connectivity index (χ1n) is 9.37. The molecule has 0 spiro atoms. The summed E-state index contributed by atoms with van der Waals surface area (Å²) in [6.45, 7) is 2.42. The predicted octanol–water partition coefficient (Wildman–Crippen LogP) is 4.44. The molecule has 5 nitrogen and oxygen atoms in total. The Kier molecular flexibility index (Phi) is 7.41. The number of nitrogens with one attached hydrogen (secondary N) is 2. The highest BCUT2D eigenvalue weighted by molar-refractivity contribution is 7.99. The van der Waals surface area contributed by atoms with Crippen molar-refractivity contribution >= 4 is 29.3 Å². The summed E-state index contributed by atoms with van der Waals surface area (Å²) in [4.78, 5) is 30.1. The van der Waals surface area contributed by atoms with Gasteiger partial charge >= 0.3 is 0 Å². The molecule has 148 valence electrons. The van der Waals surface area contributed by atoms with Gasteiger partial charge in [0, 0.05) is 36.0 Å². The summed E-state index contributed by atoms with van der Waals surface area (Å²) in [5, 5.41) is 5.72. The summed E-state index contributed by atoms with van der Waals surface area (Å²) in [6, 6.07) is 19.0. The first-order valence-corrected chi connectivity index (χ1v) is 10.4. The number of hydrogen-bond donors (Lipinski definition) is 2. The van der Waals surface area contributed by atoms with Gasteiger partial charge in [0.1, 0.15) is 0 Å². The fourth-order valence-corrected chi connectivity index (χ4v) is 3.53. The van der Waals surface area contributed by atoms with Gasteiger partial charge in [-0.15, -0.1) is 11.8 Å². The molecule has 6 heteroatoms. The lowest BCUT2D eigenvalue weighted by Gasteiger charge is -2.11. The summed E-state index contributed by atoms with van der Waals surface area (Å²) in [5.41, 5.74) is 3.08. The molecule has 0 saturated heterocycles. The Morgan fingerprint density at radius 3 is 2.55 bits per heavy atom. The highest BCUT2D eigenvalue weighted by Gasteiger charge is 2.13. The molecule has 2 aromatic carbocycles. The Hall–Kier alpha value is -3.12. The van der Waals surface area contributed by atoms with Crippen LogP contribution < -0.4 is 10.6 Å². The van der Waals surface area contributed by atoms with Crippen LogP contribution in [-0.2, 0) is 11.3 Å². The quantitative estimate of drug-likeness (QED) is 0.544. The maximum atomic E-state index is 12.6. The predicted molar refractivity (Wildman–Crippen MR) is 117 cm³/mol. The molecule has 0 bridgehead atoms. The minimum atomic E-state index is -0.237. The monoisotopic (exact) mass is 405 g/mol. The van der Waals surface area contributed by atoms with Crippen LogP contribution in [-0.4, -0.2) is 22.6 Å². The molecule has 0 aliphatic rings. The molecular formula is C23H23N3O2S. The van der Waals surface area contributed by atoms with Crippen LogP contribution in [0.4, 0.5) is 5.69 Å². The number of carbonyl (C=O) groups excluding carboxylic acids is 2. The van der Waals surface area contributed by atoms with Gasteiger partial charge in [0.2, 0.25) is 5.91 Å². The van der Waals surface area contributed by atoms with Crippen LogP contribution in [0, 0.1) is 6.92 Å². The van der Waals surface area contributed by atoms with E-state index in [1.807, 2.05) is 19.1 Å². The van der Waals surface area contributed by atoms with E-state index >= 15 is 0 Å². The van der Waals surface area contributed by atoms with E-state index in [1.165, 1.54) is 5.56 Å². The Labute approximate surface area is 175 Å². The standard InChI is InChI=1S/C23H23N3O2S/c1-17-8-10-19(11-9-17)29-14-12-22(27)26-21-7-3-2-6-20(21)23(28)25-16-18-5-4-13-24-15-18/h2-11,13,15H,12,14,16H2,1H3,(H,25,28)(H,26,27). The minimum absolute atomic E-state index is 0.114. The van der Waals surface area contributed by atoms with Crippen LogP contribution in [0.25, 0.3) is 0 Å². The third kappa shape index (κ3) is 6.47. The van der Waals surface area contributed by atoms with Gasteiger partial charge in [0.25, 0.3) is 5.91 Å². The zero-order chi connectivity index (χ0) is 20.5. The van der Waals surface area contributed by atoms with Gasteiger partial charge in [-0.25, -0.2) is 0 Å². The van der Waals surface area contributed by atoms with Gasteiger partial charge in [-0.2, -0.15) is 0 Å². The summed E-state index contributed by atoms with van der Waals surface area (Å²) in [6.07, 6.45) is 3.76. The number of anilines is 1. The van der Waals surface area contributed by atoms with E-state index in [2.05, 4.69) is 39.9 Å². The van der Waals surface area contributed by atoms with Gasteiger partial charge < -0.3 is 10.6 Å². The lowest BCUT2D eigenvalue weighted by molar-refractivity contribution is -0.115. The number of benzene rings is 2. The largest absolute Gasteiger partial charge is 0.348 e. The number of thioether (sulfide) groups is 1. The van der Waals surface area contributed by atoms with Gasteiger partial charge in [-0.3, -0.25) is 14.6 Å². The molecule has 0 aliphatic carbocycles. The summed E-state index contributed by atoms with van der Waals surface area (Å²) in [5.74, 6) is 0.320. The molecule has 0 aliphatic heterocycles. The number of aromatic nitrogens is 1. The molecule has 3 rings (SSSR count). The fourth-order valence-electron chi connectivity index (χ4n) is 2.68. The second-order valence-corrected chi connectivity index (χ2v) is 7.72. The van der Waals surface area contributed by atoms with Crippen molar-refractivity contribution in [3.63, 3.8) is 0 Å². The van der Waals surface area contributed by atoms with Crippen molar-refractivity contribution in [3.8, 4) is 0 Å². The number of aryl methyl sites for hydroxylation is 1. The maximum absolute atomic E-state index is 12.6. The van der Waals surface area contributed by atoms with Crippen LogP contribution in [0.1, 0.15) is 27.9 Å². The maximum Gasteiger partial charge on any atom is 0.253 e. The van der Waals surface area contributed by atoms with E-state index in [0.29, 0.717) is 30.0 Å². The smallest absolute Gasteiger partial charge is 0.253 e. The van der Waals surface area contributed by atoms with Gasteiger partial charge in [0.05, 0.1) is 11.3 Å². The highest BCUT2D eigenvalue weighted by atomic mass is 32.2. The fraction of sp³-hybridized carbons (Fsp3) is 0.174. The average Bonchev–Trinajstić information content (AvgIpc) is 2.74. The summed E-state index contributed by atoms with van der Waals surface area (Å²) >= 11 is 1.64. The van der Waals surface area contributed by atoms with Gasteiger partial charge in [-0.1, -0.05) is 35.9 Å². The number of amides is 2. The molecule has 0 atom stereocenters. The number of pyridine rings is 1. The third-order valence-corrected chi connectivity index (χ3v) is 5.25. The Morgan fingerprint density at radius 2 is 1.79 bits per heavy atom. The number of rotatable bonds is 8. The van der Waals surface area contributed by atoms with E-state index < -0.39 is 0 Å².